The molecule has 0 radical (unpaired) electrons. The molecule has 3 heteroatoms. The highest BCUT2D eigenvalue weighted by atomic mass is 79.9. The summed E-state index contributed by atoms with van der Waals surface area (Å²) in [5.74, 6) is 0.809. The molecule has 0 heterocycles. The molecule has 0 N–H and O–H groups in total. The molecule has 0 saturated heterocycles. The van der Waals surface area contributed by atoms with Crippen LogP contribution in [0.3, 0.4) is 0 Å². The summed E-state index contributed by atoms with van der Waals surface area (Å²) in [7, 11) is 0. The minimum absolute atomic E-state index is 0.530. The van der Waals surface area contributed by atoms with Gasteiger partial charge in [-0.1, -0.05) is 64.0 Å². The van der Waals surface area contributed by atoms with E-state index in [-0.39, 0.29) is 0 Å². The number of halogens is 1. The van der Waals surface area contributed by atoms with Crippen LogP contribution in [0.1, 0.15) is 16.7 Å². The highest BCUT2D eigenvalue weighted by Gasteiger charge is 2.04. The molecule has 0 unspecified atom stereocenters. The predicted molar refractivity (Wildman–Crippen MR) is 103 cm³/mol. The van der Waals surface area contributed by atoms with Crippen LogP contribution in [0.25, 0.3) is 0 Å². The largest absolute Gasteiger partial charge is 0.488 e. The Morgan fingerprint density at radius 2 is 1.71 bits per heavy atom. The standard InChI is InChI=1S/C21H18BrNO/c1-16-7-11-20(12-8-16)23-14-18-9-10-19(22)13-21(18)24-15-17-5-3-2-4-6-17/h2-14H,15H2,1H3. The quantitative estimate of drug-likeness (QED) is 0.491. The normalized spacial score (nSPS) is 10.9. The summed E-state index contributed by atoms with van der Waals surface area (Å²) in [5, 5.41) is 0. The van der Waals surface area contributed by atoms with Gasteiger partial charge in [0.15, 0.2) is 0 Å². The summed E-state index contributed by atoms with van der Waals surface area (Å²) in [6, 6.07) is 24.2. The molecule has 0 aromatic heterocycles. The van der Waals surface area contributed by atoms with Crippen molar-refractivity contribution in [3.05, 3.63) is 94.0 Å². The van der Waals surface area contributed by atoms with E-state index in [1.165, 1.54) is 5.56 Å². The molecular formula is C21H18BrNO. The molecule has 0 atom stereocenters. The Morgan fingerprint density at radius 3 is 2.46 bits per heavy atom. The molecule has 3 aromatic rings. The van der Waals surface area contributed by atoms with E-state index in [2.05, 4.69) is 52.1 Å². The zero-order valence-corrected chi connectivity index (χ0v) is 15.0. The third-order valence-electron chi connectivity index (χ3n) is 3.60. The average Bonchev–Trinajstić information content (AvgIpc) is 2.61. The molecule has 0 aliphatic heterocycles. The van der Waals surface area contributed by atoms with Crippen molar-refractivity contribution >= 4 is 27.8 Å². The molecule has 0 bridgehead atoms. The van der Waals surface area contributed by atoms with Crippen LogP contribution >= 0.6 is 15.9 Å². The maximum Gasteiger partial charge on any atom is 0.129 e. The Hall–Kier alpha value is -2.39. The van der Waals surface area contributed by atoms with Crippen LogP contribution in [0.2, 0.25) is 0 Å². The topological polar surface area (TPSA) is 21.6 Å². The van der Waals surface area contributed by atoms with Crippen molar-refractivity contribution in [2.24, 2.45) is 4.99 Å². The lowest BCUT2D eigenvalue weighted by atomic mass is 10.2. The van der Waals surface area contributed by atoms with Crippen LogP contribution in [0.4, 0.5) is 5.69 Å². The molecule has 0 saturated carbocycles. The molecule has 0 spiro atoms. The summed E-state index contributed by atoms with van der Waals surface area (Å²) in [6.45, 7) is 2.60. The van der Waals surface area contributed by atoms with Gasteiger partial charge in [0, 0.05) is 16.3 Å². The van der Waals surface area contributed by atoms with E-state index in [4.69, 9.17) is 4.74 Å². The average molecular weight is 380 g/mol. The first-order chi connectivity index (χ1) is 11.7. The Bertz CT molecular complexity index is 826. The summed E-state index contributed by atoms with van der Waals surface area (Å²) >= 11 is 3.50. The van der Waals surface area contributed by atoms with Crippen molar-refractivity contribution in [3.8, 4) is 5.75 Å². The first kappa shape index (κ1) is 16.5. The SMILES string of the molecule is Cc1ccc(N=Cc2ccc(Br)cc2OCc2ccccc2)cc1. The highest BCUT2D eigenvalue weighted by Crippen LogP contribution is 2.24. The van der Waals surface area contributed by atoms with Gasteiger partial charge in [-0.05, 0) is 42.8 Å². The molecule has 120 valence electrons. The van der Waals surface area contributed by atoms with Gasteiger partial charge in [0.2, 0.25) is 0 Å². The number of aliphatic imine (C=N–C) groups is 1. The molecule has 0 aliphatic carbocycles. The second-order valence-corrected chi connectivity index (χ2v) is 6.47. The zero-order valence-electron chi connectivity index (χ0n) is 13.4. The molecule has 3 rings (SSSR count). The first-order valence-corrected chi connectivity index (χ1v) is 8.57. The van der Waals surface area contributed by atoms with Crippen molar-refractivity contribution in [2.45, 2.75) is 13.5 Å². The van der Waals surface area contributed by atoms with E-state index < -0.39 is 0 Å². The number of benzene rings is 3. The molecule has 3 aromatic carbocycles. The minimum atomic E-state index is 0.530. The Morgan fingerprint density at radius 1 is 0.958 bits per heavy atom. The molecule has 24 heavy (non-hydrogen) atoms. The second kappa shape index (κ2) is 7.93. The van der Waals surface area contributed by atoms with Crippen LogP contribution in [0.5, 0.6) is 5.75 Å². The Kier molecular flexibility index (Phi) is 5.44. The smallest absolute Gasteiger partial charge is 0.129 e. The van der Waals surface area contributed by atoms with E-state index in [0.29, 0.717) is 6.61 Å². The fraction of sp³-hybridized carbons (Fsp3) is 0.0952. The lowest BCUT2D eigenvalue weighted by Gasteiger charge is -2.10. The number of hydrogen-bond donors (Lipinski definition) is 0. The van der Waals surface area contributed by atoms with Crippen molar-refractivity contribution in [2.75, 3.05) is 0 Å². The monoisotopic (exact) mass is 379 g/mol. The minimum Gasteiger partial charge on any atom is -0.488 e. The highest BCUT2D eigenvalue weighted by molar-refractivity contribution is 9.10. The number of hydrogen-bond acceptors (Lipinski definition) is 2. The van der Waals surface area contributed by atoms with Crippen LogP contribution in [0, 0.1) is 6.92 Å². The van der Waals surface area contributed by atoms with Gasteiger partial charge in [-0.3, -0.25) is 4.99 Å². The number of aryl methyl sites for hydroxylation is 1. The first-order valence-electron chi connectivity index (χ1n) is 7.78. The Labute approximate surface area is 151 Å². The fourth-order valence-electron chi connectivity index (χ4n) is 2.25. The molecule has 2 nitrogen and oxygen atoms in total. The maximum atomic E-state index is 5.99. The molecular weight excluding hydrogens is 362 g/mol. The van der Waals surface area contributed by atoms with Gasteiger partial charge >= 0.3 is 0 Å². The zero-order chi connectivity index (χ0) is 16.8. The summed E-state index contributed by atoms with van der Waals surface area (Å²) in [4.78, 5) is 4.54. The van der Waals surface area contributed by atoms with E-state index >= 15 is 0 Å². The van der Waals surface area contributed by atoms with Crippen molar-refractivity contribution < 1.29 is 4.74 Å². The van der Waals surface area contributed by atoms with Gasteiger partial charge in [-0.2, -0.15) is 0 Å². The van der Waals surface area contributed by atoms with Crippen LogP contribution in [0.15, 0.2) is 82.3 Å². The van der Waals surface area contributed by atoms with Gasteiger partial charge in [-0.25, -0.2) is 0 Å². The van der Waals surface area contributed by atoms with Crippen molar-refractivity contribution in [1.29, 1.82) is 0 Å². The summed E-state index contributed by atoms with van der Waals surface area (Å²) in [6.07, 6.45) is 1.84. The molecule has 0 amide bonds. The van der Waals surface area contributed by atoms with Gasteiger partial charge < -0.3 is 4.74 Å². The van der Waals surface area contributed by atoms with Gasteiger partial charge in [0.05, 0.1) is 5.69 Å². The van der Waals surface area contributed by atoms with Crippen LogP contribution in [-0.2, 0) is 6.61 Å². The van der Waals surface area contributed by atoms with E-state index in [1.807, 2.05) is 54.7 Å². The van der Waals surface area contributed by atoms with Crippen LogP contribution < -0.4 is 4.74 Å². The number of nitrogens with zero attached hydrogens (tertiary/aromatic N) is 1. The second-order valence-electron chi connectivity index (χ2n) is 5.55. The summed E-state index contributed by atoms with van der Waals surface area (Å²) < 4.78 is 6.97. The number of ether oxygens (including phenoxy) is 1. The molecule has 0 aliphatic rings. The van der Waals surface area contributed by atoms with Crippen LogP contribution in [-0.4, -0.2) is 6.21 Å². The van der Waals surface area contributed by atoms with Gasteiger partial charge in [-0.15, -0.1) is 0 Å². The number of rotatable bonds is 5. The lowest BCUT2D eigenvalue weighted by Crippen LogP contribution is -1.98. The van der Waals surface area contributed by atoms with Gasteiger partial charge in [0.25, 0.3) is 0 Å². The maximum absolute atomic E-state index is 5.99. The van der Waals surface area contributed by atoms with Gasteiger partial charge in [0.1, 0.15) is 12.4 Å². The predicted octanol–water partition coefficient (Wildman–Crippen LogP) is 6.09. The molecule has 0 fully saturated rings. The van der Waals surface area contributed by atoms with E-state index in [0.717, 1.165) is 27.0 Å². The van der Waals surface area contributed by atoms with E-state index in [9.17, 15) is 0 Å². The third-order valence-corrected chi connectivity index (χ3v) is 4.09. The van der Waals surface area contributed by atoms with E-state index in [1.54, 1.807) is 0 Å². The fourth-order valence-corrected chi connectivity index (χ4v) is 2.59. The third kappa shape index (κ3) is 4.56. The van der Waals surface area contributed by atoms with Crippen molar-refractivity contribution in [1.82, 2.24) is 0 Å². The summed E-state index contributed by atoms with van der Waals surface area (Å²) in [5.41, 5.74) is 4.25. The Balaban J connectivity index is 1.78. The van der Waals surface area contributed by atoms with Crippen molar-refractivity contribution in [3.63, 3.8) is 0 Å². The lowest BCUT2D eigenvalue weighted by molar-refractivity contribution is 0.305.